The number of hydrogen-bond acceptors (Lipinski definition) is 16. The molecule has 376 valence electrons. The van der Waals surface area contributed by atoms with Gasteiger partial charge in [0.1, 0.15) is 59.7 Å². The molecule has 23 heteroatoms. The minimum Gasteiger partial charge on any atom is -0.539 e. The normalized spacial score (nSPS) is 17.4. The predicted molar refractivity (Wildman–Crippen MR) is 269 cm³/mol. The third-order valence-corrected chi connectivity index (χ3v) is 14.6. The highest BCUT2D eigenvalue weighted by molar-refractivity contribution is 8.00. The number of piperidine rings is 1. The van der Waals surface area contributed by atoms with Crippen LogP contribution in [-0.2, 0) is 37.0 Å². The fraction of sp³-hybridized carbons (Fsp3) is 0.396. The first-order valence-corrected chi connectivity index (χ1v) is 24.8. The summed E-state index contributed by atoms with van der Waals surface area (Å²) in [5.74, 6) is 0.0505. The van der Waals surface area contributed by atoms with Gasteiger partial charge in [0.2, 0.25) is 0 Å². The summed E-state index contributed by atoms with van der Waals surface area (Å²) in [5.41, 5.74) is 1.58. The Morgan fingerprint density at radius 1 is 0.944 bits per heavy atom. The minimum absolute atomic E-state index is 0.0425. The summed E-state index contributed by atoms with van der Waals surface area (Å²) in [6, 6.07) is 17.3. The van der Waals surface area contributed by atoms with Gasteiger partial charge in [-0.3, -0.25) is 24.6 Å². The zero-order chi connectivity index (χ0) is 51.2. The van der Waals surface area contributed by atoms with Crippen molar-refractivity contribution in [2.24, 2.45) is 5.16 Å². The molecule has 3 aromatic carbocycles. The number of β-lactam (4-membered cyclic amide) rings is 1. The highest BCUT2D eigenvalue weighted by Gasteiger charge is 2.55. The molecule has 4 amide bonds. The van der Waals surface area contributed by atoms with E-state index in [1.807, 2.05) is 48.5 Å². The number of thioether (sulfide) groups is 1. The van der Waals surface area contributed by atoms with Crippen LogP contribution in [0.2, 0.25) is 5.02 Å². The number of likely N-dealkylation sites (tertiary alicyclic amines) is 1. The number of amides is 4. The van der Waals surface area contributed by atoms with Crippen LogP contribution in [0.1, 0.15) is 60.8 Å². The molecular formula is C48H56BClN7O12S2+. The summed E-state index contributed by atoms with van der Waals surface area (Å²) in [6.07, 6.45) is 0.522. The summed E-state index contributed by atoms with van der Waals surface area (Å²) < 4.78 is 34.0. The first kappa shape index (κ1) is 52.3. The number of hydrogen-bond donors (Lipinski definition) is 3. The molecule has 0 bridgehead atoms. The number of nitrogens with zero attached hydrogens (tertiary/aromatic N) is 5. The first-order valence-electron chi connectivity index (χ1n) is 22.5. The fourth-order valence-electron chi connectivity index (χ4n) is 8.41. The number of anilines is 1. The lowest BCUT2D eigenvalue weighted by Gasteiger charge is -2.50. The van der Waals surface area contributed by atoms with E-state index in [0.717, 1.165) is 28.2 Å². The maximum absolute atomic E-state index is 14.2. The van der Waals surface area contributed by atoms with Gasteiger partial charge in [-0.1, -0.05) is 41.0 Å². The van der Waals surface area contributed by atoms with Gasteiger partial charge >= 0.3 is 20.1 Å². The van der Waals surface area contributed by atoms with Crippen molar-refractivity contribution in [3.8, 4) is 23.0 Å². The minimum atomic E-state index is -1.06. The number of thiazole rings is 1. The smallest absolute Gasteiger partial charge is 0.413 e. The lowest BCUT2D eigenvalue weighted by atomic mass is 9.98. The molecule has 4 aromatic rings. The molecule has 7 rings (SSSR count). The third kappa shape index (κ3) is 12.2. The van der Waals surface area contributed by atoms with E-state index in [-0.39, 0.29) is 58.0 Å². The van der Waals surface area contributed by atoms with Crippen LogP contribution in [0.3, 0.4) is 0 Å². The van der Waals surface area contributed by atoms with Gasteiger partial charge in [0.25, 0.3) is 17.7 Å². The van der Waals surface area contributed by atoms with Gasteiger partial charge in [-0.15, -0.1) is 23.1 Å². The topological polar surface area (TPSA) is 217 Å². The van der Waals surface area contributed by atoms with Crippen LogP contribution in [0.5, 0.6) is 23.0 Å². The summed E-state index contributed by atoms with van der Waals surface area (Å²) in [7, 11) is 8.55. The van der Waals surface area contributed by atoms with Gasteiger partial charge in [-0.2, -0.15) is 0 Å². The Morgan fingerprint density at radius 3 is 2.14 bits per heavy atom. The number of likely N-dealkylation sites (N-methyl/N-ethyl adjacent to an activating group) is 1. The molecule has 71 heavy (non-hydrogen) atoms. The van der Waals surface area contributed by atoms with E-state index in [2.05, 4.69) is 34.9 Å². The van der Waals surface area contributed by atoms with Crippen molar-refractivity contribution in [1.29, 1.82) is 0 Å². The molecule has 2 saturated heterocycles. The quantitative estimate of drug-likeness (QED) is 0.0292. The molecular weight excluding hydrogens is 977 g/mol. The molecule has 3 N–H and O–H groups in total. The monoisotopic (exact) mass is 1030 g/mol. The molecule has 2 fully saturated rings. The molecule has 3 aliphatic rings. The van der Waals surface area contributed by atoms with Crippen LogP contribution in [0.4, 0.5) is 9.93 Å². The number of halogens is 1. The van der Waals surface area contributed by atoms with Crippen molar-refractivity contribution in [3.63, 3.8) is 0 Å². The van der Waals surface area contributed by atoms with E-state index >= 15 is 0 Å². The molecule has 0 spiro atoms. The number of fused-ring (bicyclic) bond motifs is 1. The van der Waals surface area contributed by atoms with Crippen molar-refractivity contribution in [3.05, 3.63) is 105 Å². The van der Waals surface area contributed by atoms with E-state index in [1.165, 1.54) is 30.1 Å². The van der Waals surface area contributed by atoms with Crippen molar-refractivity contribution < 1.29 is 62.0 Å². The van der Waals surface area contributed by atoms with E-state index in [1.54, 1.807) is 52.0 Å². The number of oxime groups is 1. The van der Waals surface area contributed by atoms with Crippen LogP contribution in [0.25, 0.3) is 0 Å². The van der Waals surface area contributed by atoms with Crippen molar-refractivity contribution in [2.75, 3.05) is 59.0 Å². The van der Waals surface area contributed by atoms with Gasteiger partial charge in [0.15, 0.2) is 22.3 Å². The number of ether oxygens (including phenoxy) is 5. The average Bonchev–Trinajstić information content (AvgIpc) is 3.81. The lowest BCUT2D eigenvalue weighted by Crippen LogP contribution is -2.71. The highest BCUT2D eigenvalue weighted by Crippen LogP contribution is 2.43. The summed E-state index contributed by atoms with van der Waals surface area (Å²) in [6.45, 7) is 6.76. The van der Waals surface area contributed by atoms with E-state index in [0.29, 0.717) is 59.8 Å². The van der Waals surface area contributed by atoms with Gasteiger partial charge in [-0.25, -0.2) is 14.6 Å². The maximum atomic E-state index is 14.2. The largest absolute Gasteiger partial charge is 0.539 e. The van der Waals surface area contributed by atoms with E-state index in [9.17, 15) is 29.2 Å². The van der Waals surface area contributed by atoms with Crippen LogP contribution < -0.4 is 29.6 Å². The highest BCUT2D eigenvalue weighted by atomic mass is 35.5. The first-order chi connectivity index (χ1) is 33.8. The Hall–Kier alpha value is -6.49. The van der Waals surface area contributed by atoms with Gasteiger partial charge in [0, 0.05) is 42.6 Å². The van der Waals surface area contributed by atoms with E-state index < -0.39 is 46.6 Å². The molecule has 2 atom stereocenters. The number of aromatic nitrogens is 1. The second-order valence-electron chi connectivity index (χ2n) is 18.4. The van der Waals surface area contributed by atoms with Crippen LogP contribution in [0.15, 0.2) is 82.5 Å². The molecule has 0 aliphatic carbocycles. The number of nitrogens with one attached hydrogen (secondary N) is 2. The Kier molecular flexibility index (Phi) is 16.4. The summed E-state index contributed by atoms with van der Waals surface area (Å²) >= 11 is 9.41. The molecule has 19 nitrogen and oxygen atoms in total. The number of rotatable bonds is 17. The molecule has 4 heterocycles. The molecule has 3 aliphatic heterocycles. The van der Waals surface area contributed by atoms with Crippen LogP contribution >= 0.6 is 34.7 Å². The molecule has 0 unspecified atom stereocenters. The number of methoxy groups -OCH3 is 2. The number of carbonyl (C=O) groups is 5. The molecule has 1 aromatic heterocycles. The fourth-order valence-corrected chi connectivity index (χ4v) is 10.7. The number of quaternary nitrogens is 1. The second-order valence-corrected chi connectivity index (χ2v) is 20.7. The maximum Gasteiger partial charge on any atom is 0.413 e. The van der Waals surface area contributed by atoms with Gasteiger partial charge < -0.3 is 48.2 Å². The van der Waals surface area contributed by atoms with Gasteiger partial charge in [0.05, 0.1) is 44.9 Å². The second kappa shape index (κ2) is 22.3. The predicted octanol–water partition coefficient (Wildman–Crippen LogP) is 5.62. The Balaban J connectivity index is 0.995. The number of benzene rings is 3. The molecule has 0 radical (unpaired) electrons. The van der Waals surface area contributed by atoms with Crippen LogP contribution in [0, 0.1) is 0 Å². The summed E-state index contributed by atoms with van der Waals surface area (Å²) in [5, 5.41) is 19.0. The standard InChI is InChI=1S/C48H55BClN7O12S2/c1-48(2,3)68-47(62)53-46-51-34(26-71-46)37(54-63)41(58)52-38-43(60)56-39(45(61)69-49)29(25-70-44(38)56)22-57(4,5)30-18-20-55(21-19-30)42(59)33-16-17-35(66-23-27-8-12-31(64-6)13-9-27)40(36(33)50)67-24-28-10-14-32(65-7)15-11-28/h8-17,26,30,38,44H,18-25,49H2,1-7H3,(H2-,51,52,53,58,62,63)/p+1/t38-,44-/m1/s1. The SMILES string of the molecule is BOC(=O)C1=C(C[N+](C)(C)C2CCN(C(=O)c3ccc(OCc4ccc(OC)cc4)c(OCc4ccc(OC)cc4)c3Cl)CC2)CS[C@@H]2[C@H](NC(=O)/C(=N\O)c3csc(NC(=O)OC(C)(C)C)n3)C(=O)N12. The van der Waals surface area contributed by atoms with Crippen molar-refractivity contribution in [2.45, 2.75) is 69.9 Å². The van der Waals surface area contributed by atoms with Crippen molar-refractivity contribution >= 4 is 83.4 Å². The zero-order valence-electron chi connectivity index (χ0n) is 40.6. The molecule has 0 saturated carbocycles. The van der Waals surface area contributed by atoms with Crippen molar-refractivity contribution in [1.82, 2.24) is 20.1 Å². The average molecular weight is 1030 g/mol. The lowest BCUT2D eigenvalue weighted by molar-refractivity contribution is -0.911. The zero-order valence-corrected chi connectivity index (χ0v) is 43.0. The van der Waals surface area contributed by atoms with Gasteiger partial charge in [-0.05, 0) is 68.3 Å². The van der Waals surface area contributed by atoms with E-state index in [4.69, 9.17) is 39.9 Å². The Morgan fingerprint density at radius 2 is 1.56 bits per heavy atom. The Labute approximate surface area is 425 Å². The van der Waals surface area contributed by atoms with Crippen LogP contribution in [-0.4, -0.2) is 145 Å². The summed E-state index contributed by atoms with van der Waals surface area (Å²) in [4.78, 5) is 74.4. The number of carbonyl (C=O) groups excluding carboxylic acids is 5. The third-order valence-electron chi connectivity index (χ3n) is 12.1. The Bertz CT molecular complexity index is 2710.